The molecule has 0 N–H and O–H groups in total. The normalized spacial score (nSPS) is 39.4. The second-order valence-electron chi connectivity index (χ2n) is 8.31. The molecule has 4 heteroatoms. The summed E-state index contributed by atoms with van der Waals surface area (Å²) in [6.45, 7) is 8.18. The van der Waals surface area contributed by atoms with Gasteiger partial charge in [-0.15, -0.1) is 0 Å². The number of hydrogen-bond donors (Lipinski definition) is 0. The lowest BCUT2D eigenvalue weighted by Crippen LogP contribution is -2.57. The van der Waals surface area contributed by atoms with Crippen molar-refractivity contribution in [2.45, 2.75) is 56.9 Å². The minimum atomic E-state index is 0.0791. The highest BCUT2D eigenvalue weighted by molar-refractivity contribution is 6.40. The standard InChI is InChI=1S/C15H29B2NO/c1-14(2)8-13(6-7-19-14)15(16,17)18-9-11-4-3-5-12(11)10-18/h11-13H,3-10,16-17H2,1-2H3. The molecule has 1 saturated carbocycles. The molecule has 106 valence electrons. The van der Waals surface area contributed by atoms with Crippen LogP contribution in [-0.4, -0.2) is 51.2 Å². The van der Waals surface area contributed by atoms with Gasteiger partial charge in [0.25, 0.3) is 0 Å². The van der Waals surface area contributed by atoms with Crippen LogP contribution in [0.5, 0.6) is 0 Å². The van der Waals surface area contributed by atoms with Gasteiger partial charge in [-0.2, -0.15) is 0 Å². The summed E-state index contributed by atoms with van der Waals surface area (Å²) >= 11 is 0. The summed E-state index contributed by atoms with van der Waals surface area (Å²) in [4.78, 5) is 2.81. The van der Waals surface area contributed by atoms with Gasteiger partial charge < -0.3 is 9.64 Å². The van der Waals surface area contributed by atoms with Crippen molar-refractivity contribution in [2.75, 3.05) is 19.7 Å². The summed E-state index contributed by atoms with van der Waals surface area (Å²) < 4.78 is 5.91. The molecule has 0 bridgehead atoms. The quantitative estimate of drug-likeness (QED) is 0.683. The van der Waals surface area contributed by atoms with Gasteiger partial charge in [0, 0.05) is 19.7 Å². The number of likely N-dealkylation sites (tertiary alicyclic amines) is 1. The van der Waals surface area contributed by atoms with Crippen LogP contribution in [0.25, 0.3) is 0 Å². The van der Waals surface area contributed by atoms with Gasteiger partial charge in [-0.05, 0) is 62.6 Å². The molecule has 0 radical (unpaired) electrons. The van der Waals surface area contributed by atoms with Crippen molar-refractivity contribution in [2.24, 2.45) is 17.8 Å². The SMILES string of the molecule is BC(B)(C1CCOC(C)(C)C1)N1CC2CCCC2C1. The predicted molar refractivity (Wildman–Crippen MR) is 85.0 cm³/mol. The van der Waals surface area contributed by atoms with E-state index in [0.717, 1.165) is 24.4 Å². The van der Waals surface area contributed by atoms with Crippen molar-refractivity contribution in [1.82, 2.24) is 4.90 Å². The zero-order chi connectivity index (χ0) is 13.7. The zero-order valence-corrected chi connectivity index (χ0v) is 13.2. The third-order valence-corrected chi connectivity index (χ3v) is 6.24. The van der Waals surface area contributed by atoms with Crippen LogP contribution in [-0.2, 0) is 4.74 Å². The molecule has 3 atom stereocenters. The van der Waals surface area contributed by atoms with Crippen molar-refractivity contribution in [3.63, 3.8) is 0 Å². The van der Waals surface area contributed by atoms with Crippen LogP contribution >= 0.6 is 0 Å². The van der Waals surface area contributed by atoms with Gasteiger partial charge in [-0.3, -0.25) is 0 Å². The highest BCUT2D eigenvalue weighted by Crippen LogP contribution is 2.43. The molecular formula is C15H29B2NO. The molecule has 0 aromatic carbocycles. The molecule has 19 heavy (non-hydrogen) atoms. The second-order valence-corrected chi connectivity index (χ2v) is 8.31. The minimum absolute atomic E-state index is 0.0791. The predicted octanol–water partition coefficient (Wildman–Crippen LogP) is 0.843. The van der Waals surface area contributed by atoms with E-state index in [0.29, 0.717) is 5.34 Å². The van der Waals surface area contributed by atoms with E-state index in [1.807, 2.05) is 0 Å². The van der Waals surface area contributed by atoms with Gasteiger partial charge in [0.05, 0.1) is 5.60 Å². The summed E-state index contributed by atoms with van der Waals surface area (Å²) in [5.74, 6) is 2.80. The maximum atomic E-state index is 5.91. The van der Waals surface area contributed by atoms with Crippen LogP contribution in [0.3, 0.4) is 0 Å². The fourth-order valence-corrected chi connectivity index (χ4v) is 4.80. The summed E-state index contributed by atoms with van der Waals surface area (Å²) in [7, 11) is 4.97. The van der Waals surface area contributed by atoms with E-state index in [9.17, 15) is 0 Å². The van der Waals surface area contributed by atoms with E-state index < -0.39 is 0 Å². The van der Waals surface area contributed by atoms with Crippen molar-refractivity contribution in [3.8, 4) is 0 Å². The van der Waals surface area contributed by atoms with Crippen LogP contribution in [0.2, 0.25) is 0 Å². The van der Waals surface area contributed by atoms with E-state index in [2.05, 4.69) is 34.4 Å². The summed E-state index contributed by atoms with van der Waals surface area (Å²) in [5.41, 5.74) is 0.0791. The summed E-state index contributed by atoms with van der Waals surface area (Å²) in [6.07, 6.45) is 6.90. The topological polar surface area (TPSA) is 12.5 Å². The van der Waals surface area contributed by atoms with Gasteiger partial charge >= 0.3 is 0 Å². The Morgan fingerprint density at radius 1 is 1.11 bits per heavy atom. The Kier molecular flexibility index (Phi) is 3.54. The zero-order valence-electron chi connectivity index (χ0n) is 13.2. The molecule has 0 aromatic heterocycles. The van der Waals surface area contributed by atoms with E-state index in [1.165, 1.54) is 45.2 Å². The molecule has 2 nitrogen and oxygen atoms in total. The molecule has 3 aliphatic rings. The third-order valence-electron chi connectivity index (χ3n) is 6.24. The van der Waals surface area contributed by atoms with Crippen LogP contribution in [0, 0.1) is 17.8 Å². The van der Waals surface area contributed by atoms with Crippen molar-refractivity contribution in [3.05, 3.63) is 0 Å². The monoisotopic (exact) mass is 261 g/mol. The lowest BCUT2D eigenvalue weighted by Gasteiger charge is -2.48. The first-order valence-corrected chi connectivity index (χ1v) is 8.27. The highest BCUT2D eigenvalue weighted by Gasteiger charge is 2.46. The van der Waals surface area contributed by atoms with Gasteiger partial charge in [0.2, 0.25) is 0 Å². The van der Waals surface area contributed by atoms with Gasteiger partial charge in [-0.25, -0.2) is 0 Å². The first-order chi connectivity index (χ1) is 8.88. The Morgan fingerprint density at radius 3 is 2.32 bits per heavy atom. The van der Waals surface area contributed by atoms with Crippen LogP contribution in [0.15, 0.2) is 0 Å². The van der Waals surface area contributed by atoms with E-state index in [4.69, 9.17) is 4.74 Å². The molecule has 3 rings (SSSR count). The van der Waals surface area contributed by atoms with Crippen LogP contribution in [0.4, 0.5) is 0 Å². The molecule has 2 heterocycles. The van der Waals surface area contributed by atoms with Crippen molar-refractivity contribution in [1.29, 1.82) is 0 Å². The lowest BCUT2D eigenvalue weighted by molar-refractivity contribution is -0.0837. The summed E-state index contributed by atoms with van der Waals surface area (Å²) in [6, 6.07) is 0. The van der Waals surface area contributed by atoms with E-state index in [1.54, 1.807) is 0 Å². The molecule has 3 fully saturated rings. The Balaban J connectivity index is 1.68. The molecule has 0 spiro atoms. The van der Waals surface area contributed by atoms with E-state index in [-0.39, 0.29) is 5.60 Å². The number of nitrogens with zero attached hydrogens (tertiary/aromatic N) is 1. The Morgan fingerprint density at radius 2 is 1.74 bits per heavy atom. The Hall–Kier alpha value is 0.0499. The van der Waals surface area contributed by atoms with Crippen molar-refractivity contribution >= 4 is 15.7 Å². The molecule has 2 aliphatic heterocycles. The average Bonchev–Trinajstić information content (AvgIpc) is 2.87. The smallest absolute Gasteiger partial charge is 0.117 e. The fraction of sp³-hybridized carbons (Fsp3) is 1.00. The maximum absolute atomic E-state index is 5.91. The number of fused-ring (bicyclic) bond motifs is 1. The number of hydrogen-bond acceptors (Lipinski definition) is 2. The first kappa shape index (κ1) is 14.0. The molecule has 2 saturated heterocycles. The fourth-order valence-electron chi connectivity index (χ4n) is 4.80. The third kappa shape index (κ3) is 2.63. The maximum Gasteiger partial charge on any atom is 0.117 e. The lowest BCUT2D eigenvalue weighted by atomic mass is 9.51. The molecule has 3 unspecified atom stereocenters. The van der Waals surface area contributed by atoms with E-state index >= 15 is 0 Å². The van der Waals surface area contributed by atoms with Crippen molar-refractivity contribution < 1.29 is 4.74 Å². The van der Waals surface area contributed by atoms with Crippen LogP contribution in [0.1, 0.15) is 46.0 Å². The summed E-state index contributed by atoms with van der Waals surface area (Å²) in [5, 5.41) is 0.353. The Labute approximate surface area is 120 Å². The molecule has 1 aliphatic carbocycles. The number of rotatable bonds is 2. The highest BCUT2D eigenvalue weighted by atomic mass is 16.5. The number of ether oxygens (including phenoxy) is 1. The minimum Gasteiger partial charge on any atom is -0.376 e. The molecule has 0 amide bonds. The average molecular weight is 261 g/mol. The van der Waals surface area contributed by atoms with Gasteiger partial charge in [0.15, 0.2) is 0 Å². The Bertz CT molecular complexity index is 333. The first-order valence-electron chi connectivity index (χ1n) is 8.27. The largest absolute Gasteiger partial charge is 0.376 e. The second kappa shape index (κ2) is 4.80. The van der Waals surface area contributed by atoms with Gasteiger partial charge in [0.1, 0.15) is 15.7 Å². The van der Waals surface area contributed by atoms with Gasteiger partial charge in [-0.1, -0.05) is 6.42 Å². The molecular weight excluding hydrogens is 232 g/mol. The van der Waals surface area contributed by atoms with Crippen LogP contribution < -0.4 is 0 Å². The molecule has 0 aromatic rings.